The van der Waals surface area contributed by atoms with Crippen LogP contribution in [0.25, 0.3) is 0 Å². The third-order valence-corrected chi connectivity index (χ3v) is 4.41. The molecular formula is C18H23N7O. The van der Waals surface area contributed by atoms with E-state index in [1.807, 2.05) is 19.3 Å². The van der Waals surface area contributed by atoms with Gasteiger partial charge in [0.2, 0.25) is 0 Å². The average molecular weight is 353 g/mol. The topological polar surface area (TPSA) is 90.1 Å². The molecule has 2 amide bonds. The summed E-state index contributed by atoms with van der Waals surface area (Å²) < 4.78 is 1.72. The van der Waals surface area contributed by atoms with E-state index in [1.165, 1.54) is 0 Å². The highest BCUT2D eigenvalue weighted by molar-refractivity contribution is 5.90. The van der Waals surface area contributed by atoms with Crippen molar-refractivity contribution in [3.05, 3.63) is 35.8 Å². The van der Waals surface area contributed by atoms with Crippen molar-refractivity contribution in [2.75, 3.05) is 36.4 Å². The molecule has 0 saturated carbocycles. The van der Waals surface area contributed by atoms with E-state index >= 15 is 0 Å². The Morgan fingerprint density at radius 2 is 2.00 bits per heavy atom. The summed E-state index contributed by atoms with van der Waals surface area (Å²) in [5.74, 6) is 1.07. The van der Waals surface area contributed by atoms with Crippen LogP contribution in [0, 0.1) is 11.3 Å². The van der Waals surface area contributed by atoms with E-state index in [0.717, 1.165) is 17.2 Å². The largest absolute Gasteiger partial charge is 0.353 e. The van der Waals surface area contributed by atoms with Gasteiger partial charge in [-0.05, 0) is 18.1 Å². The Morgan fingerprint density at radius 3 is 2.58 bits per heavy atom. The van der Waals surface area contributed by atoms with Gasteiger partial charge in [-0.3, -0.25) is 4.68 Å². The third kappa shape index (κ3) is 3.77. The number of pyridine rings is 1. The van der Waals surface area contributed by atoms with Crippen LogP contribution < -0.4 is 10.2 Å². The van der Waals surface area contributed by atoms with E-state index in [-0.39, 0.29) is 11.9 Å². The van der Waals surface area contributed by atoms with Gasteiger partial charge in [0.15, 0.2) is 0 Å². The highest BCUT2D eigenvalue weighted by Gasteiger charge is 2.23. The zero-order chi connectivity index (χ0) is 18.7. The number of nitrogens with one attached hydrogen (secondary N) is 1. The van der Waals surface area contributed by atoms with Gasteiger partial charge < -0.3 is 15.1 Å². The minimum Gasteiger partial charge on any atom is -0.353 e. The molecule has 1 fully saturated rings. The Labute approximate surface area is 153 Å². The van der Waals surface area contributed by atoms with Gasteiger partial charge in [0.05, 0.1) is 16.9 Å². The predicted molar refractivity (Wildman–Crippen MR) is 99.1 cm³/mol. The second-order valence-electron chi connectivity index (χ2n) is 6.68. The lowest BCUT2D eigenvalue weighted by Gasteiger charge is -2.35. The van der Waals surface area contributed by atoms with Crippen molar-refractivity contribution in [2.45, 2.75) is 19.8 Å². The molecule has 0 radical (unpaired) electrons. The molecule has 0 unspecified atom stereocenters. The van der Waals surface area contributed by atoms with Crippen LogP contribution in [0.5, 0.6) is 0 Å². The number of nitrogens with zero attached hydrogens (tertiary/aromatic N) is 6. The first-order chi connectivity index (χ1) is 12.5. The number of carbonyl (C=O) groups excluding carboxylic acids is 1. The van der Waals surface area contributed by atoms with Crippen LogP contribution in [0.1, 0.15) is 31.0 Å². The summed E-state index contributed by atoms with van der Waals surface area (Å²) >= 11 is 0. The molecule has 26 heavy (non-hydrogen) atoms. The van der Waals surface area contributed by atoms with Crippen LogP contribution >= 0.6 is 0 Å². The second kappa shape index (κ2) is 7.44. The number of piperazine rings is 1. The minimum atomic E-state index is -0.104. The van der Waals surface area contributed by atoms with Crippen LogP contribution in [-0.2, 0) is 7.05 Å². The summed E-state index contributed by atoms with van der Waals surface area (Å²) in [6.45, 7) is 6.76. The fourth-order valence-corrected chi connectivity index (χ4v) is 3.00. The fourth-order valence-electron chi connectivity index (χ4n) is 3.00. The van der Waals surface area contributed by atoms with E-state index in [0.29, 0.717) is 31.7 Å². The summed E-state index contributed by atoms with van der Waals surface area (Å²) in [6, 6.07) is 5.57. The molecule has 0 spiro atoms. The molecule has 136 valence electrons. The summed E-state index contributed by atoms with van der Waals surface area (Å²) in [6.07, 6.45) is 3.41. The van der Waals surface area contributed by atoms with Gasteiger partial charge >= 0.3 is 6.03 Å². The maximum Gasteiger partial charge on any atom is 0.322 e. The fraction of sp³-hybridized carbons (Fsp3) is 0.444. The molecular weight excluding hydrogens is 330 g/mol. The minimum absolute atomic E-state index is 0.104. The van der Waals surface area contributed by atoms with Crippen LogP contribution in [-0.4, -0.2) is 51.9 Å². The van der Waals surface area contributed by atoms with Crippen molar-refractivity contribution >= 4 is 17.5 Å². The van der Waals surface area contributed by atoms with Crippen molar-refractivity contribution in [2.24, 2.45) is 7.05 Å². The monoisotopic (exact) mass is 353 g/mol. The SMILES string of the molecule is CC(C)c1nn(C)cc1NC(=O)N1CCN(c2ccc(C#N)cn2)CC1. The lowest BCUT2D eigenvalue weighted by molar-refractivity contribution is 0.208. The molecule has 1 aliphatic heterocycles. The zero-order valence-electron chi connectivity index (χ0n) is 15.3. The lowest BCUT2D eigenvalue weighted by atomic mass is 10.1. The summed E-state index contributed by atoms with van der Waals surface area (Å²) in [4.78, 5) is 20.8. The Morgan fingerprint density at radius 1 is 1.27 bits per heavy atom. The molecule has 1 aliphatic rings. The van der Waals surface area contributed by atoms with Gasteiger partial charge in [0.1, 0.15) is 11.9 Å². The first-order valence-electron chi connectivity index (χ1n) is 8.68. The standard InChI is InChI=1S/C18H23N7O/c1-13(2)17-15(12-23(3)22-17)21-18(26)25-8-6-24(7-9-25)16-5-4-14(10-19)11-20-16/h4-5,11-13H,6-9H2,1-3H3,(H,21,26). The number of hydrogen-bond acceptors (Lipinski definition) is 5. The molecule has 0 aliphatic carbocycles. The van der Waals surface area contributed by atoms with Crippen molar-refractivity contribution < 1.29 is 4.79 Å². The Balaban J connectivity index is 1.59. The molecule has 1 N–H and O–H groups in total. The average Bonchev–Trinajstić information content (AvgIpc) is 3.02. The van der Waals surface area contributed by atoms with Crippen LogP contribution in [0.3, 0.4) is 0 Å². The summed E-state index contributed by atoms with van der Waals surface area (Å²) in [5, 5.41) is 16.3. The highest BCUT2D eigenvalue weighted by atomic mass is 16.2. The molecule has 2 aromatic rings. The Kier molecular flexibility index (Phi) is 5.07. The molecule has 0 bridgehead atoms. The predicted octanol–water partition coefficient (Wildman–Crippen LogP) is 2.16. The Hall–Kier alpha value is -3.08. The number of carbonyl (C=O) groups is 1. The normalized spacial score (nSPS) is 14.4. The molecule has 0 aromatic carbocycles. The van der Waals surface area contributed by atoms with Crippen molar-refractivity contribution in [3.8, 4) is 6.07 Å². The van der Waals surface area contributed by atoms with E-state index in [9.17, 15) is 4.79 Å². The number of nitriles is 1. The number of amides is 2. The third-order valence-electron chi connectivity index (χ3n) is 4.41. The van der Waals surface area contributed by atoms with Gasteiger partial charge in [0, 0.05) is 45.6 Å². The van der Waals surface area contributed by atoms with Gasteiger partial charge in [-0.1, -0.05) is 13.8 Å². The molecule has 1 saturated heterocycles. The van der Waals surface area contributed by atoms with E-state index in [4.69, 9.17) is 5.26 Å². The molecule has 8 nitrogen and oxygen atoms in total. The molecule has 0 atom stereocenters. The number of anilines is 2. The van der Waals surface area contributed by atoms with Gasteiger partial charge in [-0.15, -0.1) is 0 Å². The maximum absolute atomic E-state index is 12.6. The van der Waals surface area contributed by atoms with Crippen LogP contribution in [0.2, 0.25) is 0 Å². The molecule has 3 heterocycles. The Bertz CT molecular complexity index is 811. The highest BCUT2D eigenvalue weighted by Crippen LogP contribution is 2.22. The van der Waals surface area contributed by atoms with Crippen LogP contribution in [0.15, 0.2) is 24.5 Å². The number of urea groups is 1. The second-order valence-corrected chi connectivity index (χ2v) is 6.68. The van der Waals surface area contributed by atoms with Gasteiger partial charge in [0.25, 0.3) is 0 Å². The summed E-state index contributed by atoms with van der Waals surface area (Å²) in [5.41, 5.74) is 2.20. The zero-order valence-corrected chi connectivity index (χ0v) is 15.3. The van der Waals surface area contributed by atoms with Crippen molar-refractivity contribution in [1.82, 2.24) is 19.7 Å². The first-order valence-corrected chi connectivity index (χ1v) is 8.68. The van der Waals surface area contributed by atoms with Crippen molar-refractivity contribution in [1.29, 1.82) is 5.26 Å². The maximum atomic E-state index is 12.6. The molecule has 3 rings (SSSR count). The number of aryl methyl sites for hydroxylation is 1. The van der Waals surface area contributed by atoms with Gasteiger partial charge in [-0.2, -0.15) is 10.4 Å². The number of hydrogen-bond donors (Lipinski definition) is 1. The molecule has 8 heteroatoms. The number of aromatic nitrogens is 3. The van der Waals surface area contributed by atoms with E-state index in [1.54, 1.807) is 21.8 Å². The van der Waals surface area contributed by atoms with E-state index < -0.39 is 0 Å². The van der Waals surface area contributed by atoms with Crippen molar-refractivity contribution in [3.63, 3.8) is 0 Å². The first kappa shape index (κ1) is 17.7. The molecule has 2 aromatic heterocycles. The van der Waals surface area contributed by atoms with E-state index in [2.05, 4.69) is 40.2 Å². The van der Waals surface area contributed by atoms with Gasteiger partial charge in [-0.25, -0.2) is 9.78 Å². The van der Waals surface area contributed by atoms with Crippen LogP contribution in [0.4, 0.5) is 16.3 Å². The smallest absolute Gasteiger partial charge is 0.322 e. The quantitative estimate of drug-likeness (QED) is 0.913. The number of rotatable bonds is 3. The summed E-state index contributed by atoms with van der Waals surface area (Å²) in [7, 11) is 1.85. The lowest BCUT2D eigenvalue weighted by Crippen LogP contribution is -2.50.